The zero-order chi connectivity index (χ0) is 13.0. The van der Waals surface area contributed by atoms with Gasteiger partial charge >= 0.3 is 0 Å². The fraction of sp³-hybridized carbons (Fsp3) is 0.529. The lowest BCUT2D eigenvalue weighted by Gasteiger charge is -2.24. The van der Waals surface area contributed by atoms with Gasteiger partial charge in [-0.15, -0.1) is 0 Å². The molecule has 2 aromatic rings. The van der Waals surface area contributed by atoms with Gasteiger partial charge in [0, 0.05) is 41.6 Å². The number of rotatable bonds is 1. The molecule has 1 aliphatic carbocycles. The molecular formula is C17H22N2. The number of aromatic amines is 1. The lowest BCUT2D eigenvalue weighted by molar-refractivity contribution is 0.263. The number of aryl methyl sites for hydroxylation is 1. The molecule has 0 radical (unpaired) electrons. The summed E-state index contributed by atoms with van der Waals surface area (Å²) < 4.78 is 0. The first-order chi connectivity index (χ1) is 9.24. The molecule has 1 aliphatic heterocycles. The molecule has 2 heterocycles. The average Bonchev–Trinajstić information content (AvgIpc) is 2.98. The van der Waals surface area contributed by atoms with Gasteiger partial charge in [0.15, 0.2) is 0 Å². The molecule has 0 amide bonds. The van der Waals surface area contributed by atoms with Crippen LogP contribution in [0.25, 0.3) is 10.9 Å². The summed E-state index contributed by atoms with van der Waals surface area (Å²) in [5.41, 5.74) is 4.47. The first kappa shape index (κ1) is 11.5. The maximum absolute atomic E-state index is 3.65. The second-order valence-electron chi connectivity index (χ2n) is 6.52. The van der Waals surface area contributed by atoms with Crippen molar-refractivity contribution in [3.63, 3.8) is 0 Å². The third-order valence-corrected chi connectivity index (χ3v) is 5.16. The molecule has 1 aromatic heterocycles. The van der Waals surface area contributed by atoms with Gasteiger partial charge in [0.2, 0.25) is 0 Å². The summed E-state index contributed by atoms with van der Waals surface area (Å²) in [5, 5.41) is 1.47. The molecule has 0 unspecified atom stereocenters. The van der Waals surface area contributed by atoms with Crippen molar-refractivity contribution in [2.75, 3.05) is 13.1 Å². The van der Waals surface area contributed by atoms with E-state index in [1.165, 1.54) is 42.5 Å². The van der Waals surface area contributed by atoms with E-state index >= 15 is 0 Å². The maximum Gasteiger partial charge on any atom is 0.0459 e. The van der Waals surface area contributed by atoms with Gasteiger partial charge in [0.1, 0.15) is 0 Å². The van der Waals surface area contributed by atoms with E-state index in [9.17, 15) is 0 Å². The van der Waals surface area contributed by atoms with Crippen LogP contribution < -0.4 is 0 Å². The van der Waals surface area contributed by atoms with Crippen molar-refractivity contribution in [1.82, 2.24) is 9.88 Å². The molecule has 100 valence electrons. The highest BCUT2D eigenvalue weighted by atomic mass is 15.2. The van der Waals surface area contributed by atoms with Crippen LogP contribution in [-0.4, -0.2) is 29.0 Å². The molecule has 0 bridgehead atoms. The molecule has 19 heavy (non-hydrogen) atoms. The molecule has 0 spiro atoms. The number of H-pyrrole nitrogens is 1. The molecule has 2 atom stereocenters. The van der Waals surface area contributed by atoms with Crippen LogP contribution >= 0.6 is 0 Å². The molecule has 2 heteroatoms. The minimum Gasteiger partial charge on any atom is -0.358 e. The smallest absolute Gasteiger partial charge is 0.0459 e. The van der Waals surface area contributed by atoms with E-state index in [1.807, 2.05) is 0 Å². The Morgan fingerprint density at radius 1 is 1.21 bits per heavy atom. The lowest BCUT2D eigenvalue weighted by atomic mass is 9.79. The van der Waals surface area contributed by atoms with Crippen molar-refractivity contribution < 1.29 is 0 Å². The second-order valence-corrected chi connectivity index (χ2v) is 6.52. The van der Waals surface area contributed by atoms with E-state index < -0.39 is 0 Å². The van der Waals surface area contributed by atoms with E-state index in [2.05, 4.69) is 48.0 Å². The molecule has 1 N–H and O–H groups in total. The van der Waals surface area contributed by atoms with E-state index in [0.29, 0.717) is 6.04 Å². The van der Waals surface area contributed by atoms with Crippen LogP contribution in [0.1, 0.15) is 37.4 Å². The molecule has 4 rings (SSSR count). The minimum atomic E-state index is 0.680. The summed E-state index contributed by atoms with van der Waals surface area (Å²) in [6, 6.07) is 9.51. The number of nitrogens with one attached hydrogen (secondary N) is 1. The highest BCUT2D eigenvalue weighted by Gasteiger charge is 2.39. The molecule has 1 fully saturated rings. The van der Waals surface area contributed by atoms with E-state index in [1.54, 1.807) is 5.56 Å². The van der Waals surface area contributed by atoms with Gasteiger partial charge in [-0.3, -0.25) is 0 Å². The van der Waals surface area contributed by atoms with E-state index in [4.69, 9.17) is 0 Å². The van der Waals surface area contributed by atoms with Crippen LogP contribution in [0.3, 0.4) is 0 Å². The quantitative estimate of drug-likeness (QED) is 0.824. The highest BCUT2D eigenvalue weighted by Crippen LogP contribution is 2.44. The Hall–Kier alpha value is -1.28. The summed E-state index contributed by atoms with van der Waals surface area (Å²) in [7, 11) is 0. The summed E-state index contributed by atoms with van der Waals surface area (Å²) in [6.07, 6.45) is 2.59. The first-order valence-corrected chi connectivity index (χ1v) is 7.57. The third-order valence-electron chi connectivity index (χ3n) is 5.16. The monoisotopic (exact) mass is 254 g/mol. The Bertz CT molecular complexity index is 611. The van der Waals surface area contributed by atoms with Gasteiger partial charge in [-0.1, -0.05) is 18.2 Å². The van der Waals surface area contributed by atoms with Crippen LogP contribution in [-0.2, 0) is 6.42 Å². The Balaban J connectivity index is 1.81. The van der Waals surface area contributed by atoms with Crippen LogP contribution in [0.2, 0.25) is 0 Å². The van der Waals surface area contributed by atoms with Crippen LogP contribution in [0.5, 0.6) is 0 Å². The summed E-state index contributed by atoms with van der Waals surface area (Å²) in [5.74, 6) is 1.62. The van der Waals surface area contributed by atoms with Gasteiger partial charge in [0.25, 0.3) is 0 Å². The zero-order valence-corrected chi connectivity index (χ0v) is 11.8. The van der Waals surface area contributed by atoms with Crippen molar-refractivity contribution in [1.29, 1.82) is 0 Å². The third kappa shape index (κ3) is 1.66. The second kappa shape index (κ2) is 4.11. The number of fused-ring (bicyclic) bond motifs is 5. The van der Waals surface area contributed by atoms with Crippen LogP contribution in [0, 0.1) is 5.92 Å². The van der Waals surface area contributed by atoms with Crippen molar-refractivity contribution in [2.45, 2.75) is 38.6 Å². The van der Waals surface area contributed by atoms with Crippen molar-refractivity contribution in [2.24, 2.45) is 5.92 Å². The number of likely N-dealkylation sites (tertiary alicyclic amines) is 1. The number of aromatic nitrogens is 1. The normalized spacial score (nSPS) is 26.9. The number of nitrogens with zero attached hydrogens (tertiary/aromatic N) is 1. The van der Waals surface area contributed by atoms with Crippen molar-refractivity contribution in [3.8, 4) is 0 Å². The Labute approximate surface area is 114 Å². The highest BCUT2D eigenvalue weighted by molar-refractivity contribution is 5.85. The molecule has 1 saturated heterocycles. The molecule has 2 aliphatic rings. The Morgan fingerprint density at radius 3 is 2.89 bits per heavy atom. The van der Waals surface area contributed by atoms with Crippen LogP contribution in [0.15, 0.2) is 24.3 Å². The average molecular weight is 254 g/mol. The van der Waals surface area contributed by atoms with Gasteiger partial charge < -0.3 is 9.88 Å². The molecule has 0 saturated carbocycles. The zero-order valence-electron chi connectivity index (χ0n) is 11.8. The van der Waals surface area contributed by atoms with Gasteiger partial charge in [0.05, 0.1) is 0 Å². The SMILES string of the molecule is CC(C)N1C[C@H]2CCc3[nH]c4ccccc4c3[C@H]2C1. The van der Waals surface area contributed by atoms with Crippen molar-refractivity contribution >= 4 is 10.9 Å². The largest absolute Gasteiger partial charge is 0.358 e. The predicted molar refractivity (Wildman–Crippen MR) is 79.6 cm³/mol. The van der Waals surface area contributed by atoms with Gasteiger partial charge in [-0.05, 0) is 44.2 Å². The Kier molecular flexibility index (Phi) is 2.49. The van der Waals surface area contributed by atoms with Gasteiger partial charge in [-0.25, -0.2) is 0 Å². The van der Waals surface area contributed by atoms with Crippen molar-refractivity contribution in [3.05, 3.63) is 35.5 Å². The van der Waals surface area contributed by atoms with E-state index in [0.717, 1.165) is 11.8 Å². The maximum atomic E-state index is 3.65. The summed E-state index contributed by atoms with van der Waals surface area (Å²) in [6.45, 7) is 7.19. The summed E-state index contributed by atoms with van der Waals surface area (Å²) in [4.78, 5) is 6.31. The molecule has 2 nitrogen and oxygen atoms in total. The fourth-order valence-electron chi connectivity index (χ4n) is 4.12. The van der Waals surface area contributed by atoms with Gasteiger partial charge in [-0.2, -0.15) is 0 Å². The first-order valence-electron chi connectivity index (χ1n) is 7.57. The molecular weight excluding hydrogens is 232 g/mol. The van der Waals surface area contributed by atoms with Crippen LogP contribution in [0.4, 0.5) is 0 Å². The number of para-hydroxylation sites is 1. The topological polar surface area (TPSA) is 19.0 Å². The lowest BCUT2D eigenvalue weighted by Crippen LogP contribution is -2.28. The van der Waals surface area contributed by atoms with E-state index in [-0.39, 0.29) is 0 Å². The number of hydrogen-bond donors (Lipinski definition) is 1. The number of benzene rings is 1. The number of hydrogen-bond acceptors (Lipinski definition) is 1. The minimum absolute atomic E-state index is 0.680. The molecule has 1 aromatic carbocycles. The standard InChI is InChI=1S/C17H22N2/c1-11(2)19-9-12-7-8-16-17(14(12)10-19)13-5-3-4-6-15(13)18-16/h3-6,11-12,14,18H,7-10H2,1-2H3/t12-,14+/m1/s1. The Morgan fingerprint density at radius 2 is 2.05 bits per heavy atom. The predicted octanol–water partition coefficient (Wildman–Crippen LogP) is 3.54. The summed E-state index contributed by atoms with van der Waals surface area (Å²) >= 11 is 0. The fourth-order valence-corrected chi connectivity index (χ4v) is 4.12.